The molecule has 0 saturated heterocycles. The quantitative estimate of drug-likeness (QED) is 0.859. The van der Waals surface area contributed by atoms with Crippen LogP contribution in [0.3, 0.4) is 0 Å². The largest absolute Gasteiger partial charge is 0.397 e. The number of aromatic nitrogens is 1. The van der Waals surface area contributed by atoms with Crippen LogP contribution in [-0.4, -0.2) is 36.4 Å². The maximum absolute atomic E-state index is 11.3. The lowest BCUT2D eigenvalue weighted by molar-refractivity contribution is -0.126. The molecule has 15 heavy (non-hydrogen) atoms. The summed E-state index contributed by atoms with van der Waals surface area (Å²) in [7, 11) is 3.41. The fourth-order valence-corrected chi connectivity index (χ4v) is 1.41. The van der Waals surface area contributed by atoms with Crippen LogP contribution in [0.15, 0.2) is 16.7 Å². The molecule has 0 atom stereocenters. The van der Waals surface area contributed by atoms with Crippen LogP contribution in [-0.2, 0) is 4.79 Å². The van der Waals surface area contributed by atoms with E-state index in [1.165, 1.54) is 11.1 Å². The van der Waals surface area contributed by atoms with Crippen molar-refractivity contribution in [3.8, 4) is 0 Å². The molecule has 1 heterocycles. The van der Waals surface area contributed by atoms with Crippen molar-refractivity contribution in [2.45, 2.75) is 0 Å². The van der Waals surface area contributed by atoms with Gasteiger partial charge in [-0.1, -0.05) is 0 Å². The first-order valence-electron chi connectivity index (χ1n) is 4.35. The van der Waals surface area contributed by atoms with Crippen molar-refractivity contribution in [3.05, 3.63) is 16.7 Å². The molecule has 0 aliphatic heterocycles. The Morgan fingerprint density at radius 1 is 1.67 bits per heavy atom. The van der Waals surface area contributed by atoms with E-state index < -0.39 is 0 Å². The molecular weight excluding hydrogens is 260 g/mol. The molecule has 0 bridgehead atoms. The molecule has 1 rings (SSSR count). The van der Waals surface area contributed by atoms with Gasteiger partial charge in [-0.25, -0.2) is 4.98 Å². The van der Waals surface area contributed by atoms with Gasteiger partial charge < -0.3 is 16.0 Å². The number of hydrogen-bond acceptors (Lipinski definition) is 4. The standard InChI is InChI=1S/C9H13BrN4O/c1-14(2)8(15)5-13-9-7(10)3-6(11)4-12-9/h3-4H,5,11H2,1-2H3,(H,12,13). The number of nitrogen functional groups attached to an aromatic ring is 1. The highest BCUT2D eigenvalue weighted by Crippen LogP contribution is 2.21. The van der Waals surface area contributed by atoms with Crippen LogP contribution in [0.4, 0.5) is 11.5 Å². The molecule has 6 heteroatoms. The molecule has 0 fully saturated rings. The Labute approximate surface area is 96.8 Å². The van der Waals surface area contributed by atoms with Crippen molar-refractivity contribution in [2.24, 2.45) is 0 Å². The Morgan fingerprint density at radius 2 is 2.33 bits per heavy atom. The summed E-state index contributed by atoms with van der Waals surface area (Å²) in [5, 5.41) is 2.92. The van der Waals surface area contributed by atoms with Crippen LogP contribution in [0.1, 0.15) is 0 Å². The summed E-state index contributed by atoms with van der Waals surface area (Å²) in [4.78, 5) is 16.9. The van der Waals surface area contributed by atoms with E-state index in [1.807, 2.05) is 0 Å². The number of carbonyl (C=O) groups is 1. The average molecular weight is 273 g/mol. The number of likely N-dealkylation sites (N-methyl/N-ethyl adjacent to an activating group) is 1. The van der Waals surface area contributed by atoms with Crippen molar-refractivity contribution < 1.29 is 4.79 Å². The van der Waals surface area contributed by atoms with Gasteiger partial charge in [0.2, 0.25) is 5.91 Å². The van der Waals surface area contributed by atoms with Crippen molar-refractivity contribution in [1.29, 1.82) is 0 Å². The molecule has 0 radical (unpaired) electrons. The normalized spacial score (nSPS) is 9.80. The van der Waals surface area contributed by atoms with Crippen molar-refractivity contribution in [3.63, 3.8) is 0 Å². The minimum Gasteiger partial charge on any atom is -0.397 e. The highest BCUT2D eigenvalue weighted by molar-refractivity contribution is 9.10. The number of nitrogens with zero attached hydrogens (tertiary/aromatic N) is 2. The number of nitrogens with two attached hydrogens (primary N) is 1. The Kier molecular flexibility index (Phi) is 3.90. The Hall–Kier alpha value is -1.30. The SMILES string of the molecule is CN(C)C(=O)CNc1ncc(N)cc1Br. The number of halogens is 1. The predicted molar refractivity (Wildman–Crippen MR) is 63.5 cm³/mol. The van der Waals surface area contributed by atoms with Gasteiger partial charge in [-0.15, -0.1) is 0 Å². The van der Waals surface area contributed by atoms with E-state index in [0.29, 0.717) is 11.5 Å². The summed E-state index contributed by atoms with van der Waals surface area (Å²) in [6.45, 7) is 0.211. The lowest BCUT2D eigenvalue weighted by atomic mass is 10.4. The highest BCUT2D eigenvalue weighted by atomic mass is 79.9. The summed E-state index contributed by atoms with van der Waals surface area (Å²) in [6, 6.07) is 1.73. The molecule has 1 amide bonds. The Balaban J connectivity index is 2.62. The van der Waals surface area contributed by atoms with Crippen LogP contribution >= 0.6 is 15.9 Å². The second-order valence-corrected chi connectivity index (χ2v) is 4.10. The fraction of sp³-hybridized carbons (Fsp3) is 0.333. The third-order valence-corrected chi connectivity index (χ3v) is 2.37. The molecule has 0 spiro atoms. The molecule has 1 aromatic rings. The molecule has 0 unspecified atom stereocenters. The second kappa shape index (κ2) is 4.97. The van der Waals surface area contributed by atoms with Gasteiger partial charge in [-0.3, -0.25) is 4.79 Å². The molecule has 3 N–H and O–H groups in total. The van der Waals surface area contributed by atoms with E-state index in [2.05, 4.69) is 26.2 Å². The lowest BCUT2D eigenvalue weighted by Gasteiger charge is -2.12. The van der Waals surface area contributed by atoms with E-state index in [0.717, 1.165) is 4.47 Å². The van der Waals surface area contributed by atoms with E-state index >= 15 is 0 Å². The summed E-state index contributed by atoms with van der Waals surface area (Å²) >= 11 is 3.30. The van der Waals surface area contributed by atoms with Gasteiger partial charge in [-0.2, -0.15) is 0 Å². The minimum atomic E-state index is -0.0134. The van der Waals surface area contributed by atoms with Crippen molar-refractivity contribution >= 4 is 33.3 Å². The average Bonchev–Trinajstić information content (AvgIpc) is 2.15. The van der Waals surface area contributed by atoms with Crippen LogP contribution in [0.25, 0.3) is 0 Å². The maximum atomic E-state index is 11.3. The maximum Gasteiger partial charge on any atom is 0.241 e. The fourth-order valence-electron chi connectivity index (χ4n) is 0.900. The molecule has 5 nitrogen and oxygen atoms in total. The molecule has 1 aromatic heterocycles. The molecule has 0 aliphatic rings. The number of nitrogens with one attached hydrogen (secondary N) is 1. The summed E-state index contributed by atoms with van der Waals surface area (Å²) < 4.78 is 0.744. The lowest BCUT2D eigenvalue weighted by Crippen LogP contribution is -2.28. The number of hydrogen-bond donors (Lipinski definition) is 2. The van der Waals surface area contributed by atoms with Gasteiger partial charge in [0.25, 0.3) is 0 Å². The van der Waals surface area contributed by atoms with E-state index in [-0.39, 0.29) is 12.5 Å². The van der Waals surface area contributed by atoms with Crippen LogP contribution in [0.5, 0.6) is 0 Å². The number of carbonyl (C=O) groups excluding carboxylic acids is 1. The van der Waals surface area contributed by atoms with E-state index in [9.17, 15) is 4.79 Å². The van der Waals surface area contributed by atoms with Gasteiger partial charge in [0.15, 0.2) is 0 Å². The van der Waals surface area contributed by atoms with E-state index in [1.54, 1.807) is 20.2 Å². The topological polar surface area (TPSA) is 71.2 Å². The third-order valence-electron chi connectivity index (χ3n) is 1.77. The second-order valence-electron chi connectivity index (χ2n) is 3.24. The summed E-state index contributed by atoms with van der Waals surface area (Å²) in [5.41, 5.74) is 6.11. The van der Waals surface area contributed by atoms with Gasteiger partial charge in [0.05, 0.1) is 22.9 Å². The Morgan fingerprint density at radius 3 is 2.87 bits per heavy atom. The summed E-state index contributed by atoms with van der Waals surface area (Å²) in [6.07, 6.45) is 1.53. The number of anilines is 2. The molecule has 0 saturated carbocycles. The van der Waals surface area contributed by atoms with Gasteiger partial charge in [0, 0.05) is 14.1 Å². The first-order chi connectivity index (χ1) is 7.00. The molecular formula is C9H13BrN4O. The van der Waals surface area contributed by atoms with Gasteiger partial charge >= 0.3 is 0 Å². The highest BCUT2D eigenvalue weighted by Gasteiger charge is 2.06. The monoisotopic (exact) mass is 272 g/mol. The number of amides is 1. The van der Waals surface area contributed by atoms with E-state index in [4.69, 9.17) is 5.73 Å². The van der Waals surface area contributed by atoms with Crippen LogP contribution < -0.4 is 11.1 Å². The van der Waals surface area contributed by atoms with Crippen LogP contribution in [0, 0.1) is 0 Å². The van der Waals surface area contributed by atoms with Gasteiger partial charge in [-0.05, 0) is 22.0 Å². The van der Waals surface area contributed by atoms with Gasteiger partial charge in [0.1, 0.15) is 5.82 Å². The minimum absolute atomic E-state index is 0.0134. The third kappa shape index (κ3) is 3.39. The summed E-state index contributed by atoms with van der Waals surface area (Å²) in [5.74, 6) is 0.597. The van der Waals surface area contributed by atoms with Crippen molar-refractivity contribution in [1.82, 2.24) is 9.88 Å². The smallest absolute Gasteiger partial charge is 0.241 e. The molecule has 0 aromatic carbocycles. The Bertz CT molecular complexity index is 367. The first-order valence-corrected chi connectivity index (χ1v) is 5.15. The van der Waals surface area contributed by atoms with Crippen LogP contribution in [0.2, 0.25) is 0 Å². The number of rotatable bonds is 3. The number of pyridine rings is 1. The predicted octanol–water partition coefficient (Wildman–Crippen LogP) is 0.926. The zero-order valence-electron chi connectivity index (χ0n) is 8.62. The van der Waals surface area contributed by atoms with Crippen molar-refractivity contribution in [2.75, 3.05) is 31.7 Å². The zero-order chi connectivity index (χ0) is 11.4. The first kappa shape index (κ1) is 11.8. The molecule has 82 valence electrons. The molecule has 0 aliphatic carbocycles. The zero-order valence-corrected chi connectivity index (χ0v) is 10.2.